The number of imidazole rings is 3. The van der Waals surface area contributed by atoms with Crippen molar-refractivity contribution in [3.63, 3.8) is 0 Å². The molecule has 532 valence electrons. The van der Waals surface area contributed by atoms with Gasteiger partial charge in [-0.25, -0.2) is 63.1 Å². The number of methoxy groups -OCH3 is 1. The second-order valence-corrected chi connectivity index (χ2v) is 31.1. The molecule has 0 aliphatic carbocycles. The number of anilines is 3. The van der Waals surface area contributed by atoms with Gasteiger partial charge in [-0.1, -0.05) is 71.1 Å². The molecule has 12 N–H and O–H groups in total. The van der Waals surface area contributed by atoms with Crippen LogP contribution in [-0.2, 0) is 83.1 Å². The smallest absolute Gasteiger partial charge is 0.465 e. The van der Waals surface area contributed by atoms with Gasteiger partial charge in [0.05, 0.1) is 52.0 Å². The van der Waals surface area contributed by atoms with Crippen molar-refractivity contribution in [3.05, 3.63) is 38.0 Å². The van der Waals surface area contributed by atoms with Crippen molar-refractivity contribution in [2.75, 3.05) is 76.3 Å². The highest BCUT2D eigenvalue weighted by Gasteiger charge is 2.62. The molecular weight excluding hydrogens is 1370 g/mol. The first-order chi connectivity index (χ1) is 46.0. The third-order valence-electron chi connectivity index (χ3n) is 16.3. The van der Waals surface area contributed by atoms with Crippen LogP contribution in [-0.4, -0.2) is 208 Å². The molecule has 39 nitrogen and oxygen atoms in total. The summed E-state index contributed by atoms with van der Waals surface area (Å²) in [5.41, 5.74) is 16.9. The first kappa shape index (κ1) is 73.8. The Bertz CT molecular complexity index is 3790. The van der Waals surface area contributed by atoms with E-state index in [1.165, 1.54) is 72.0 Å². The SMILES string of the molecule is CCCCCCCCCCCCCC(=O)OCCSP(=O)(O)OC1C2OCCC[C@]2(COP(=O)(O)OC2C(O)[C@@H](COP(=O)(O)OC3C(OC)[C@@H](COP(=O)(O)OCCO)O[C@H]3n3cnc4c(N)ncnc43)O[C@H]2n2cnc3c(N)ncnc32)O[C@H]1n1cnc2c(N)ncnc21. The molecule has 0 radical (unpaired) electrons. The van der Waals surface area contributed by atoms with E-state index in [0.29, 0.717) is 17.8 Å². The Kier molecular flexibility index (Phi) is 25.0. The van der Waals surface area contributed by atoms with E-state index in [9.17, 15) is 47.7 Å². The topological polar surface area (TPSA) is 536 Å². The predicted molar refractivity (Wildman–Crippen MR) is 335 cm³/mol. The number of unbranched alkanes of at least 4 members (excludes halogenated alkanes) is 10. The minimum absolute atomic E-state index is 0.0107. The maximum Gasteiger partial charge on any atom is 0.472 e. The molecule has 0 saturated carbocycles. The number of aliphatic hydroxyl groups excluding tert-OH is 2. The summed E-state index contributed by atoms with van der Waals surface area (Å²) in [6.07, 6.45) is 2.02. The lowest BCUT2D eigenvalue weighted by Crippen LogP contribution is -2.51. The summed E-state index contributed by atoms with van der Waals surface area (Å²) >= 11 is 0.493. The van der Waals surface area contributed by atoms with E-state index in [4.69, 9.17) is 82.4 Å². The minimum Gasteiger partial charge on any atom is -0.465 e. The summed E-state index contributed by atoms with van der Waals surface area (Å²) in [6.45, 7) is -6.48. The first-order valence-corrected chi connectivity index (χ1v) is 38.6. The molecule has 0 amide bonds. The fraction of sp³-hybridized carbons (Fsp3) is 0.692. The number of hydrogen-bond donors (Lipinski definition) is 9. The summed E-state index contributed by atoms with van der Waals surface area (Å²) in [7, 11) is -14.6. The van der Waals surface area contributed by atoms with Crippen LogP contribution in [0.5, 0.6) is 0 Å². The van der Waals surface area contributed by atoms with Crippen molar-refractivity contribution in [1.82, 2.24) is 58.6 Å². The third-order valence-corrected chi connectivity index (χ3v) is 22.2. The molecular formula is C52H79N15O24P4S. The zero-order chi connectivity index (χ0) is 68.4. The Morgan fingerprint density at radius 3 is 1.71 bits per heavy atom. The zero-order valence-electron chi connectivity index (χ0n) is 52.2. The zero-order valence-corrected chi connectivity index (χ0v) is 56.6. The van der Waals surface area contributed by atoms with Crippen molar-refractivity contribution in [2.24, 2.45) is 0 Å². The number of phosphoric acid groups is 3. The molecule has 0 bridgehead atoms. The van der Waals surface area contributed by atoms with Gasteiger partial charge in [-0.05, 0) is 30.6 Å². The molecule has 0 aromatic carbocycles. The molecule has 44 heteroatoms. The second-order valence-electron chi connectivity index (χ2n) is 22.9. The normalized spacial score (nSPS) is 27.8. The van der Waals surface area contributed by atoms with E-state index >= 15 is 0 Å². The molecule has 4 fully saturated rings. The van der Waals surface area contributed by atoms with Crippen molar-refractivity contribution in [3.8, 4) is 0 Å². The molecule has 16 atom stereocenters. The largest absolute Gasteiger partial charge is 0.472 e. The van der Waals surface area contributed by atoms with Gasteiger partial charge in [0.25, 0.3) is 0 Å². The quantitative estimate of drug-likeness (QED) is 0.0147. The monoisotopic (exact) mass is 1450 g/mol. The Labute approximate surface area is 552 Å². The van der Waals surface area contributed by atoms with Gasteiger partial charge < -0.3 is 75.4 Å². The van der Waals surface area contributed by atoms with Crippen LogP contribution in [0.4, 0.5) is 17.5 Å². The van der Waals surface area contributed by atoms with E-state index < -0.39 is 142 Å². The van der Waals surface area contributed by atoms with Crippen LogP contribution in [0, 0.1) is 0 Å². The van der Waals surface area contributed by atoms with Gasteiger partial charge >= 0.3 is 36.2 Å². The third kappa shape index (κ3) is 17.8. The van der Waals surface area contributed by atoms with Crippen LogP contribution in [0.2, 0.25) is 0 Å². The predicted octanol–water partition coefficient (Wildman–Crippen LogP) is 4.46. The molecule has 4 aliphatic heterocycles. The van der Waals surface area contributed by atoms with Gasteiger partial charge in [-0.15, -0.1) is 0 Å². The first-order valence-electron chi connectivity index (χ1n) is 30.9. The molecule has 6 aromatic heterocycles. The van der Waals surface area contributed by atoms with E-state index in [0.717, 1.165) is 51.0 Å². The highest BCUT2D eigenvalue weighted by atomic mass is 32.7. The molecule has 4 saturated heterocycles. The fourth-order valence-corrected chi connectivity index (χ4v) is 16.8. The number of esters is 1. The molecule has 4 aliphatic rings. The molecule has 96 heavy (non-hydrogen) atoms. The second kappa shape index (κ2) is 32.6. The van der Waals surface area contributed by atoms with Crippen LogP contribution < -0.4 is 17.2 Å². The number of hydrogen-bond acceptors (Lipinski definition) is 33. The summed E-state index contributed by atoms with van der Waals surface area (Å²) in [4.78, 5) is 95.1. The van der Waals surface area contributed by atoms with Crippen LogP contribution >= 0.6 is 41.6 Å². The molecule has 6 aromatic rings. The van der Waals surface area contributed by atoms with Crippen LogP contribution in [0.3, 0.4) is 0 Å². The van der Waals surface area contributed by atoms with Crippen molar-refractivity contribution < 1.29 is 113 Å². The van der Waals surface area contributed by atoms with E-state index in [2.05, 4.69) is 51.8 Å². The number of ether oxygens (including phenoxy) is 6. The number of nitrogen functional groups attached to an aromatic ring is 3. The number of rotatable bonds is 38. The number of aliphatic hydroxyl groups is 2. The molecule has 0 spiro atoms. The van der Waals surface area contributed by atoms with E-state index in [1.807, 2.05) is 0 Å². The number of carbonyl (C=O) groups excluding carboxylic acids is 1. The van der Waals surface area contributed by atoms with Crippen LogP contribution in [0.15, 0.2) is 38.0 Å². The maximum atomic E-state index is 14.6. The number of carbonyl (C=O) groups is 1. The minimum atomic E-state index is -5.53. The lowest BCUT2D eigenvalue weighted by molar-refractivity contribution is -0.165. The van der Waals surface area contributed by atoms with Gasteiger partial charge in [0.15, 0.2) is 53.1 Å². The van der Waals surface area contributed by atoms with Crippen molar-refractivity contribution in [2.45, 2.75) is 170 Å². The number of fused-ring (bicyclic) bond motifs is 4. The highest BCUT2D eigenvalue weighted by molar-refractivity contribution is 8.54. The number of phosphoric ester groups is 3. The number of nitrogens with zero attached hydrogens (tertiary/aromatic N) is 12. The Balaban J connectivity index is 0.828. The maximum absolute atomic E-state index is 14.6. The fourth-order valence-electron chi connectivity index (χ4n) is 11.8. The van der Waals surface area contributed by atoms with Gasteiger partial charge in [0.2, 0.25) is 0 Å². The summed E-state index contributed by atoms with van der Waals surface area (Å²) in [6, 6.07) is 0. The molecule has 10 rings (SSSR count). The summed E-state index contributed by atoms with van der Waals surface area (Å²) < 4.78 is 134. The van der Waals surface area contributed by atoms with Gasteiger partial charge in [-0.3, -0.25) is 50.2 Å². The number of nitrogens with two attached hydrogens (primary N) is 3. The van der Waals surface area contributed by atoms with Gasteiger partial charge in [0.1, 0.15) is 96.6 Å². The van der Waals surface area contributed by atoms with Gasteiger partial charge in [-0.2, -0.15) is 0 Å². The molecule has 10 unspecified atom stereocenters. The average Bonchev–Trinajstić information content (AvgIpc) is 1.59. The van der Waals surface area contributed by atoms with E-state index in [1.54, 1.807) is 0 Å². The Morgan fingerprint density at radius 2 is 1.14 bits per heavy atom. The lowest BCUT2D eigenvalue weighted by Gasteiger charge is -2.38. The molecule has 10 heterocycles. The standard InChI is InChI=1S/C52H79N15O24P4S/c1-3-4-5-6-7-8-9-10-11-12-13-15-33(69)80-20-21-96-95(77,78)91-41-42-52(16-14-18-81-42,88-51(41)67-30-64-36-45(55)58-27-61-48(36)67)24-85-94(75,76)89-39-37(70)31(86-49(39)65-28-62-34-43(53)56-25-59-46(34)65)22-84-93(73,74)90-40-38(79-2)32(23-83-92(71,72)82-19-17-68)87-50(40)66-29-63-35-44(54)57-26-60-47(35)66/h25-32,37-42,49-51,68,70H,3-24H2,1-2H3,(H,71,72)(H,73,74)(H,75,76)(H,77,78)(H2,53,56,59)(H2,54,57,60)(H2,55,58,61)/t31-,32-,37?,38?,39?,40?,41?,42?,49-,50-,51-,52-/m1/s1. The number of aromatic nitrogens is 12. The summed E-state index contributed by atoms with van der Waals surface area (Å²) in [5, 5.41) is 21.2. The van der Waals surface area contributed by atoms with Gasteiger partial charge in [0, 0.05) is 25.9 Å². The van der Waals surface area contributed by atoms with Crippen molar-refractivity contribution in [1.29, 1.82) is 0 Å². The Hall–Kier alpha value is -4.93. The van der Waals surface area contributed by atoms with Crippen LogP contribution in [0.1, 0.15) is 115 Å². The van der Waals surface area contributed by atoms with Crippen LogP contribution in [0.25, 0.3) is 33.5 Å². The summed E-state index contributed by atoms with van der Waals surface area (Å²) in [5.74, 6) is -0.741. The Morgan fingerprint density at radius 1 is 0.625 bits per heavy atom. The highest BCUT2D eigenvalue weighted by Crippen LogP contribution is 2.62. The lowest BCUT2D eigenvalue weighted by atomic mass is 9.89. The average molecular weight is 1450 g/mol. The van der Waals surface area contributed by atoms with E-state index in [-0.39, 0.29) is 89.2 Å². The van der Waals surface area contributed by atoms with Crippen molar-refractivity contribution >= 4 is 98.6 Å².